The summed E-state index contributed by atoms with van der Waals surface area (Å²) in [4.78, 5) is 33.1. The monoisotopic (exact) mass is 493 g/mol. The molecule has 0 saturated heterocycles. The van der Waals surface area contributed by atoms with E-state index in [0.717, 1.165) is 52.2 Å². The Balaban J connectivity index is 1.37. The standard InChI is InChI=1S/C25H27N5O2S2/c1-4-29-24(32)21-18-12-8-9-13-19(18)34-23(21)27-25(29)33-14-20(31)26-22-15(2)28-30(16(22)3)17-10-6-5-7-11-17/h5-7,10-11H,4,8-9,12-14H2,1-3H3,(H,26,31). The van der Waals surface area contributed by atoms with Crippen LogP contribution in [-0.4, -0.2) is 31.0 Å². The summed E-state index contributed by atoms with van der Waals surface area (Å²) < 4.78 is 3.53. The highest BCUT2D eigenvalue weighted by atomic mass is 32.2. The molecule has 1 N–H and O–H groups in total. The summed E-state index contributed by atoms with van der Waals surface area (Å²) in [6.07, 6.45) is 4.28. The van der Waals surface area contributed by atoms with E-state index in [0.29, 0.717) is 11.7 Å². The zero-order chi connectivity index (χ0) is 23.8. The first-order valence-corrected chi connectivity index (χ1v) is 13.4. The average Bonchev–Trinajstić information content (AvgIpc) is 3.35. The van der Waals surface area contributed by atoms with Gasteiger partial charge in [-0.3, -0.25) is 14.2 Å². The molecule has 34 heavy (non-hydrogen) atoms. The lowest BCUT2D eigenvalue weighted by molar-refractivity contribution is -0.113. The number of amides is 1. The number of carbonyl (C=O) groups is 1. The van der Waals surface area contributed by atoms with Crippen molar-refractivity contribution in [1.82, 2.24) is 19.3 Å². The fourth-order valence-electron chi connectivity index (χ4n) is 4.56. The molecule has 1 aliphatic rings. The van der Waals surface area contributed by atoms with Crippen molar-refractivity contribution >= 4 is 44.9 Å². The molecule has 0 saturated carbocycles. The molecule has 0 aliphatic heterocycles. The molecule has 0 bridgehead atoms. The minimum absolute atomic E-state index is 0.0191. The minimum atomic E-state index is -0.147. The maximum Gasteiger partial charge on any atom is 0.263 e. The van der Waals surface area contributed by atoms with Gasteiger partial charge in [0.25, 0.3) is 5.56 Å². The number of anilines is 1. The molecule has 176 valence electrons. The molecule has 3 aromatic heterocycles. The third kappa shape index (κ3) is 4.07. The van der Waals surface area contributed by atoms with E-state index in [1.165, 1.54) is 28.6 Å². The zero-order valence-corrected chi connectivity index (χ0v) is 21.2. The van der Waals surface area contributed by atoms with Crippen LogP contribution < -0.4 is 10.9 Å². The minimum Gasteiger partial charge on any atom is -0.322 e. The van der Waals surface area contributed by atoms with Crippen LogP contribution in [0, 0.1) is 13.8 Å². The Bertz CT molecular complexity index is 1440. The van der Waals surface area contributed by atoms with Crippen LogP contribution in [0.25, 0.3) is 15.9 Å². The van der Waals surface area contributed by atoms with E-state index >= 15 is 0 Å². The van der Waals surface area contributed by atoms with Crippen molar-refractivity contribution in [2.24, 2.45) is 0 Å². The maximum atomic E-state index is 13.3. The molecule has 4 aromatic rings. The van der Waals surface area contributed by atoms with Crippen molar-refractivity contribution in [3.63, 3.8) is 0 Å². The third-order valence-electron chi connectivity index (χ3n) is 6.24. The number of thioether (sulfide) groups is 1. The number of thiophene rings is 1. The van der Waals surface area contributed by atoms with Crippen LogP contribution >= 0.6 is 23.1 Å². The number of carbonyl (C=O) groups excluding carboxylic acids is 1. The van der Waals surface area contributed by atoms with Gasteiger partial charge < -0.3 is 5.32 Å². The number of para-hydroxylation sites is 1. The van der Waals surface area contributed by atoms with E-state index in [1.54, 1.807) is 15.9 Å². The largest absolute Gasteiger partial charge is 0.322 e. The Hall–Kier alpha value is -2.91. The van der Waals surface area contributed by atoms with Gasteiger partial charge in [-0.15, -0.1) is 11.3 Å². The molecular weight excluding hydrogens is 466 g/mol. The highest BCUT2D eigenvalue weighted by Crippen LogP contribution is 2.34. The smallest absolute Gasteiger partial charge is 0.263 e. The number of hydrogen-bond acceptors (Lipinski definition) is 6. The van der Waals surface area contributed by atoms with E-state index in [-0.39, 0.29) is 17.2 Å². The number of benzene rings is 1. The molecule has 1 aromatic carbocycles. The molecule has 0 radical (unpaired) electrons. The number of nitrogens with one attached hydrogen (secondary N) is 1. The Morgan fingerprint density at radius 1 is 1.18 bits per heavy atom. The van der Waals surface area contributed by atoms with Crippen LogP contribution in [-0.2, 0) is 24.2 Å². The van der Waals surface area contributed by atoms with Crippen molar-refractivity contribution in [2.45, 2.75) is 58.2 Å². The normalized spacial score (nSPS) is 13.3. The molecule has 1 aliphatic carbocycles. The van der Waals surface area contributed by atoms with E-state index in [1.807, 2.05) is 55.8 Å². The van der Waals surface area contributed by atoms with Gasteiger partial charge in [0.15, 0.2) is 5.16 Å². The van der Waals surface area contributed by atoms with Crippen molar-refractivity contribution in [2.75, 3.05) is 11.1 Å². The Morgan fingerprint density at radius 2 is 1.94 bits per heavy atom. The van der Waals surface area contributed by atoms with E-state index in [9.17, 15) is 9.59 Å². The van der Waals surface area contributed by atoms with Crippen LogP contribution in [0.4, 0.5) is 5.69 Å². The second-order valence-corrected chi connectivity index (χ2v) is 10.5. The molecule has 7 nitrogen and oxygen atoms in total. The van der Waals surface area contributed by atoms with Gasteiger partial charge in [-0.1, -0.05) is 30.0 Å². The SMILES string of the molecule is CCn1c(SCC(=O)Nc2c(C)nn(-c3ccccc3)c2C)nc2sc3c(c2c1=O)CCCC3. The van der Waals surface area contributed by atoms with E-state index < -0.39 is 0 Å². The molecule has 0 fully saturated rings. The van der Waals surface area contributed by atoms with Crippen LogP contribution in [0.5, 0.6) is 0 Å². The third-order valence-corrected chi connectivity index (χ3v) is 8.41. The van der Waals surface area contributed by atoms with Crippen molar-refractivity contribution in [3.05, 3.63) is 62.5 Å². The summed E-state index contributed by atoms with van der Waals surface area (Å²) in [6, 6.07) is 9.84. The first-order chi connectivity index (χ1) is 16.5. The highest BCUT2D eigenvalue weighted by Gasteiger charge is 2.22. The molecule has 1 amide bonds. The summed E-state index contributed by atoms with van der Waals surface area (Å²) in [5, 5.41) is 8.99. The van der Waals surface area contributed by atoms with E-state index in [4.69, 9.17) is 4.98 Å². The molecule has 3 heterocycles. The maximum absolute atomic E-state index is 13.3. The molecule has 0 unspecified atom stereocenters. The second kappa shape index (κ2) is 9.38. The molecule has 0 atom stereocenters. The molecule has 9 heteroatoms. The van der Waals surface area contributed by atoms with Crippen LogP contribution in [0.15, 0.2) is 40.3 Å². The van der Waals surface area contributed by atoms with Crippen LogP contribution in [0.3, 0.4) is 0 Å². The lowest BCUT2D eigenvalue weighted by atomic mass is 9.97. The molecular formula is C25H27N5O2S2. The fourth-order valence-corrected chi connectivity index (χ4v) is 6.72. The zero-order valence-electron chi connectivity index (χ0n) is 19.6. The fraction of sp³-hybridized carbons (Fsp3) is 0.360. The molecule has 5 rings (SSSR count). The summed E-state index contributed by atoms with van der Waals surface area (Å²) in [6.45, 7) is 6.30. The number of hydrogen-bond donors (Lipinski definition) is 1. The van der Waals surface area contributed by atoms with Gasteiger partial charge in [0, 0.05) is 11.4 Å². The number of aryl methyl sites for hydroxylation is 3. The molecule has 0 spiro atoms. The lowest BCUT2D eigenvalue weighted by Crippen LogP contribution is -2.24. The summed E-state index contributed by atoms with van der Waals surface area (Å²) in [7, 11) is 0. The number of rotatable bonds is 6. The predicted molar refractivity (Wildman–Crippen MR) is 139 cm³/mol. The van der Waals surface area contributed by atoms with Gasteiger partial charge in [-0.05, 0) is 64.2 Å². The summed E-state index contributed by atoms with van der Waals surface area (Å²) >= 11 is 2.95. The van der Waals surface area contributed by atoms with Crippen LogP contribution in [0.1, 0.15) is 41.6 Å². The van der Waals surface area contributed by atoms with Gasteiger partial charge in [0.1, 0.15) is 4.83 Å². The number of aromatic nitrogens is 4. The first kappa shape index (κ1) is 22.9. The average molecular weight is 494 g/mol. The topological polar surface area (TPSA) is 81.8 Å². The van der Waals surface area contributed by atoms with Crippen molar-refractivity contribution in [3.8, 4) is 5.69 Å². The van der Waals surface area contributed by atoms with Crippen molar-refractivity contribution in [1.29, 1.82) is 0 Å². The van der Waals surface area contributed by atoms with Gasteiger partial charge in [0.05, 0.1) is 33.9 Å². The van der Waals surface area contributed by atoms with Gasteiger partial charge >= 0.3 is 0 Å². The van der Waals surface area contributed by atoms with Gasteiger partial charge in [0.2, 0.25) is 5.91 Å². The second-order valence-electron chi connectivity index (χ2n) is 8.46. The Morgan fingerprint density at radius 3 is 2.71 bits per heavy atom. The van der Waals surface area contributed by atoms with E-state index in [2.05, 4.69) is 10.4 Å². The summed E-state index contributed by atoms with van der Waals surface area (Å²) in [5.41, 5.74) is 4.51. The highest BCUT2D eigenvalue weighted by molar-refractivity contribution is 7.99. The lowest BCUT2D eigenvalue weighted by Gasteiger charge is -2.12. The van der Waals surface area contributed by atoms with Gasteiger partial charge in [-0.2, -0.15) is 5.10 Å². The number of fused-ring (bicyclic) bond motifs is 3. The summed E-state index contributed by atoms with van der Waals surface area (Å²) in [5.74, 6) is 0.0182. The van der Waals surface area contributed by atoms with Crippen molar-refractivity contribution < 1.29 is 4.79 Å². The number of nitrogens with zero attached hydrogens (tertiary/aromatic N) is 4. The Labute approximate surface area is 206 Å². The quantitative estimate of drug-likeness (QED) is 0.306. The van der Waals surface area contributed by atoms with Crippen LogP contribution in [0.2, 0.25) is 0 Å². The van der Waals surface area contributed by atoms with Gasteiger partial charge in [-0.25, -0.2) is 9.67 Å². The Kier molecular flexibility index (Phi) is 6.31. The first-order valence-electron chi connectivity index (χ1n) is 11.6. The predicted octanol–water partition coefficient (Wildman–Crippen LogP) is 4.89.